The summed E-state index contributed by atoms with van der Waals surface area (Å²) in [5.74, 6) is -0.229. The van der Waals surface area contributed by atoms with Crippen LogP contribution in [0.5, 0.6) is 5.75 Å². The van der Waals surface area contributed by atoms with Gasteiger partial charge < -0.3 is 9.47 Å². The Hall–Kier alpha value is -2.13. The number of likely N-dealkylation sites (tertiary alicyclic amines) is 1. The minimum Gasteiger partial charge on any atom is -0.490 e. The van der Waals surface area contributed by atoms with Crippen molar-refractivity contribution in [2.45, 2.75) is 57.4 Å². The summed E-state index contributed by atoms with van der Waals surface area (Å²) in [6, 6.07) is 10.9. The van der Waals surface area contributed by atoms with Crippen molar-refractivity contribution in [1.82, 2.24) is 4.90 Å². The average Bonchev–Trinajstić information content (AvgIpc) is 3.25. The highest BCUT2D eigenvalue weighted by Crippen LogP contribution is 2.40. The molecule has 3 rings (SSSR count). The number of amides is 2. The molecule has 1 unspecified atom stereocenters. The van der Waals surface area contributed by atoms with Crippen LogP contribution in [0.15, 0.2) is 40.9 Å². The van der Waals surface area contributed by atoms with E-state index in [1.165, 1.54) is 12.1 Å². The number of anilines is 1. The molecule has 0 bridgehead atoms. The molecule has 2 aromatic carbocycles. The zero-order valence-electron chi connectivity index (χ0n) is 21.7. The molecule has 1 fully saturated rings. The Labute approximate surface area is 242 Å². The van der Waals surface area contributed by atoms with Gasteiger partial charge in [0.25, 0.3) is 5.91 Å². The number of unbranched alkanes of at least 4 members (excludes halogenated alkanes) is 2. The van der Waals surface area contributed by atoms with Crippen LogP contribution in [0.2, 0.25) is 10.0 Å². The lowest BCUT2D eigenvalue weighted by Crippen LogP contribution is -2.56. The molecule has 38 heavy (non-hydrogen) atoms. The van der Waals surface area contributed by atoms with Crippen LogP contribution in [0.3, 0.4) is 0 Å². The molecule has 2 amide bonds. The van der Waals surface area contributed by atoms with Crippen LogP contribution in [0.25, 0.3) is 0 Å². The Morgan fingerprint density at radius 1 is 1.13 bits per heavy atom. The highest BCUT2D eigenvalue weighted by atomic mass is 79.9. The first kappa shape index (κ1) is 30.4. The van der Waals surface area contributed by atoms with Crippen LogP contribution in [0, 0.1) is 0 Å². The molecule has 0 spiro atoms. The van der Waals surface area contributed by atoms with Gasteiger partial charge in [-0.05, 0) is 88.9 Å². The van der Waals surface area contributed by atoms with Crippen molar-refractivity contribution < 1.29 is 23.9 Å². The Kier molecular flexibility index (Phi) is 11.5. The summed E-state index contributed by atoms with van der Waals surface area (Å²) in [6.07, 6.45) is 5.03. The minimum atomic E-state index is -0.869. The Bertz CT molecular complexity index is 1110. The SMILES string of the molecule is CCOC(=O)CCCCCOc1c(Cl)cc(N(C=O)C(=O)C2(Cc3ccc(Br)cc3)CCCN2C)cc1Cl. The van der Waals surface area contributed by atoms with Crippen molar-refractivity contribution in [3.63, 3.8) is 0 Å². The van der Waals surface area contributed by atoms with Crippen molar-refractivity contribution in [3.05, 3.63) is 56.5 Å². The first-order chi connectivity index (χ1) is 18.2. The number of carbonyl (C=O) groups is 3. The van der Waals surface area contributed by atoms with Gasteiger partial charge in [0.2, 0.25) is 6.41 Å². The fraction of sp³-hybridized carbons (Fsp3) is 0.464. The molecule has 0 N–H and O–H groups in total. The summed E-state index contributed by atoms with van der Waals surface area (Å²) in [5, 5.41) is 0.417. The zero-order chi connectivity index (χ0) is 27.7. The molecule has 1 aliphatic heterocycles. The van der Waals surface area contributed by atoms with E-state index >= 15 is 0 Å². The monoisotopic (exact) mass is 626 g/mol. The average molecular weight is 628 g/mol. The predicted molar refractivity (Wildman–Crippen MR) is 153 cm³/mol. The summed E-state index contributed by atoms with van der Waals surface area (Å²) in [7, 11) is 1.91. The second-order valence-corrected chi connectivity index (χ2v) is 11.1. The van der Waals surface area contributed by atoms with Crippen molar-refractivity contribution in [2.24, 2.45) is 0 Å². The normalized spacial score (nSPS) is 17.3. The Balaban J connectivity index is 1.71. The minimum absolute atomic E-state index is 0.202. The van der Waals surface area contributed by atoms with Gasteiger partial charge in [-0.2, -0.15) is 0 Å². The molecule has 0 radical (unpaired) electrons. The lowest BCUT2D eigenvalue weighted by molar-refractivity contribution is -0.143. The van der Waals surface area contributed by atoms with E-state index in [4.69, 9.17) is 32.7 Å². The number of rotatable bonds is 13. The van der Waals surface area contributed by atoms with Gasteiger partial charge in [0, 0.05) is 10.9 Å². The van der Waals surface area contributed by atoms with E-state index in [1.807, 2.05) is 36.2 Å². The fourth-order valence-electron chi connectivity index (χ4n) is 4.75. The highest BCUT2D eigenvalue weighted by molar-refractivity contribution is 9.10. The Morgan fingerprint density at radius 3 is 2.39 bits per heavy atom. The van der Waals surface area contributed by atoms with Crippen LogP contribution >= 0.6 is 39.1 Å². The van der Waals surface area contributed by atoms with Gasteiger partial charge in [-0.1, -0.05) is 51.3 Å². The number of hydrogen-bond donors (Lipinski definition) is 0. The van der Waals surface area contributed by atoms with Gasteiger partial charge in [0.15, 0.2) is 5.75 Å². The van der Waals surface area contributed by atoms with Gasteiger partial charge >= 0.3 is 5.97 Å². The lowest BCUT2D eigenvalue weighted by atomic mass is 9.86. The maximum absolute atomic E-state index is 13.9. The number of likely N-dealkylation sites (N-methyl/N-ethyl adjacent to an activating group) is 1. The largest absolute Gasteiger partial charge is 0.490 e. The number of halogens is 3. The van der Waals surface area contributed by atoms with Crippen LogP contribution in [-0.2, 0) is 25.5 Å². The molecule has 2 aromatic rings. The number of esters is 1. The molecule has 206 valence electrons. The third-order valence-electron chi connectivity index (χ3n) is 6.78. The van der Waals surface area contributed by atoms with E-state index in [0.717, 1.165) is 34.3 Å². The van der Waals surface area contributed by atoms with Crippen molar-refractivity contribution in [1.29, 1.82) is 0 Å². The summed E-state index contributed by atoms with van der Waals surface area (Å²) in [4.78, 5) is 40.7. The molecule has 0 aromatic heterocycles. The molecule has 7 nitrogen and oxygen atoms in total. The molecule has 0 saturated carbocycles. The number of ether oxygens (including phenoxy) is 2. The molecule has 10 heteroatoms. The van der Waals surface area contributed by atoms with Crippen molar-refractivity contribution in [3.8, 4) is 5.75 Å². The molecule has 1 aliphatic rings. The molecule has 1 saturated heterocycles. The third kappa shape index (κ3) is 7.50. The van der Waals surface area contributed by atoms with E-state index in [1.54, 1.807) is 6.92 Å². The van der Waals surface area contributed by atoms with E-state index in [-0.39, 0.29) is 27.6 Å². The van der Waals surface area contributed by atoms with Gasteiger partial charge in [-0.25, -0.2) is 0 Å². The molecule has 0 aliphatic carbocycles. The van der Waals surface area contributed by atoms with Crippen LogP contribution in [0.4, 0.5) is 5.69 Å². The second-order valence-electron chi connectivity index (χ2n) is 9.34. The van der Waals surface area contributed by atoms with E-state index in [2.05, 4.69) is 15.9 Å². The second kappa shape index (κ2) is 14.3. The van der Waals surface area contributed by atoms with Gasteiger partial charge in [-0.15, -0.1) is 0 Å². The number of hydrogen-bond acceptors (Lipinski definition) is 6. The predicted octanol–water partition coefficient (Wildman–Crippen LogP) is 6.45. The van der Waals surface area contributed by atoms with E-state index in [0.29, 0.717) is 57.5 Å². The Morgan fingerprint density at radius 2 is 1.82 bits per heavy atom. The maximum atomic E-state index is 13.9. The smallest absolute Gasteiger partial charge is 0.305 e. The quantitative estimate of drug-likeness (QED) is 0.144. The van der Waals surface area contributed by atoms with Gasteiger partial charge in [0.1, 0.15) is 5.54 Å². The summed E-state index contributed by atoms with van der Waals surface area (Å²) in [6.45, 7) is 3.27. The number of imide groups is 1. The van der Waals surface area contributed by atoms with Crippen LogP contribution in [0.1, 0.15) is 51.0 Å². The summed E-state index contributed by atoms with van der Waals surface area (Å²) in [5.41, 5.74) is 0.423. The van der Waals surface area contributed by atoms with E-state index in [9.17, 15) is 14.4 Å². The molecule has 1 atom stereocenters. The van der Waals surface area contributed by atoms with Crippen LogP contribution < -0.4 is 9.64 Å². The maximum Gasteiger partial charge on any atom is 0.305 e. The lowest BCUT2D eigenvalue weighted by Gasteiger charge is -2.37. The molecular formula is C28H33BrCl2N2O5. The van der Waals surface area contributed by atoms with Gasteiger partial charge in [0.05, 0.1) is 28.9 Å². The molecular weight excluding hydrogens is 595 g/mol. The third-order valence-corrected chi connectivity index (χ3v) is 7.88. The summed E-state index contributed by atoms with van der Waals surface area (Å²) < 4.78 is 11.7. The first-order valence-corrected chi connectivity index (χ1v) is 14.3. The van der Waals surface area contributed by atoms with Crippen molar-refractivity contribution in [2.75, 3.05) is 31.7 Å². The number of benzene rings is 2. The van der Waals surface area contributed by atoms with E-state index < -0.39 is 5.54 Å². The highest BCUT2D eigenvalue weighted by Gasteiger charge is 2.48. The van der Waals surface area contributed by atoms with Crippen LogP contribution in [-0.4, -0.2) is 55.5 Å². The number of carbonyl (C=O) groups excluding carboxylic acids is 3. The first-order valence-electron chi connectivity index (χ1n) is 12.7. The molecule has 1 heterocycles. The fourth-order valence-corrected chi connectivity index (χ4v) is 5.60. The van der Waals surface area contributed by atoms with Gasteiger partial charge in [-0.3, -0.25) is 24.2 Å². The standard InChI is InChI=1S/C28H33BrCl2N2O5/c1-3-37-25(35)8-5-4-6-15-38-26-23(30)16-22(17-24(26)31)33(19-34)27(36)28(13-7-14-32(28)2)18-20-9-11-21(29)12-10-20/h9-12,16-17,19H,3-8,13-15,18H2,1-2H3. The van der Waals surface area contributed by atoms with Crippen molar-refractivity contribution >= 4 is 63.1 Å². The summed E-state index contributed by atoms with van der Waals surface area (Å²) >= 11 is 16.4. The number of nitrogens with zero attached hydrogens (tertiary/aromatic N) is 2. The topological polar surface area (TPSA) is 76.1 Å². The zero-order valence-corrected chi connectivity index (χ0v) is 24.8.